The van der Waals surface area contributed by atoms with Gasteiger partial charge >= 0.3 is 47.0 Å². The summed E-state index contributed by atoms with van der Waals surface area (Å²) in [5, 5.41) is -7.50. The van der Waals surface area contributed by atoms with Crippen molar-refractivity contribution in [3.8, 4) is 0 Å². The average molecular weight is 921 g/mol. The molecule has 0 aromatic heterocycles. The Bertz CT molecular complexity index is 1160. The van der Waals surface area contributed by atoms with Crippen LogP contribution in [0.4, 0.5) is 74.6 Å². The molecule has 0 atom stereocenters. The Kier molecular flexibility index (Phi) is 17.7. The van der Waals surface area contributed by atoms with Gasteiger partial charge in [0.2, 0.25) is 0 Å². The van der Waals surface area contributed by atoms with Crippen LogP contribution < -0.4 is 24.0 Å². The minimum Gasteiger partial charge on any atom is -1.00 e. The molecule has 0 radical (unpaired) electrons. The van der Waals surface area contributed by atoms with Gasteiger partial charge in [-0.05, 0) is 25.7 Å². The van der Waals surface area contributed by atoms with Gasteiger partial charge in [-0.3, -0.25) is 0 Å². The minimum absolute atomic E-state index is 0. The Balaban J connectivity index is 0.0000250. The SMILES string of the molecule is CCCCCCCC[N+]1(CCCCCCCC)CCN(S(=O)(=O)C(F)(F)C(F)(F)C(F)(F)C(F)(F)C(F)(F)C(F)(F)C(F)(F)C(F)(F)F)CC1.[I-]. The van der Waals surface area contributed by atoms with Gasteiger partial charge in [-0.2, -0.15) is 78.9 Å². The molecule has 0 aromatic rings. The third-order valence-corrected chi connectivity index (χ3v) is 10.9. The lowest BCUT2D eigenvalue weighted by Crippen LogP contribution is -3.00. The summed E-state index contributed by atoms with van der Waals surface area (Å²) in [6.07, 6.45) is 1.93. The van der Waals surface area contributed by atoms with Gasteiger partial charge in [-0.1, -0.05) is 65.2 Å². The molecule has 1 aliphatic rings. The van der Waals surface area contributed by atoms with Crippen molar-refractivity contribution in [3.63, 3.8) is 0 Å². The molecule has 1 saturated heterocycles. The van der Waals surface area contributed by atoms with Gasteiger partial charge in [0.05, 0.1) is 39.3 Å². The molecule has 1 rings (SSSR count). The van der Waals surface area contributed by atoms with E-state index in [9.17, 15) is 83.1 Å². The molecule has 0 bridgehead atoms. The summed E-state index contributed by atoms with van der Waals surface area (Å²) in [5.74, 6) is -51.5. The molecule has 1 aliphatic heterocycles. The Morgan fingerprint density at radius 1 is 0.471 bits per heavy atom. The molecule has 0 spiro atoms. The van der Waals surface area contributed by atoms with Crippen molar-refractivity contribution in [2.75, 3.05) is 39.3 Å². The highest BCUT2D eigenvalue weighted by atomic mass is 127. The number of unbranched alkanes of at least 4 members (excludes halogenated alkanes) is 10. The molecule has 0 unspecified atom stereocenters. The zero-order chi connectivity index (χ0) is 39.3. The number of halogens is 18. The van der Waals surface area contributed by atoms with Crippen LogP contribution in [0.3, 0.4) is 0 Å². The van der Waals surface area contributed by atoms with Crippen LogP contribution >= 0.6 is 0 Å². The molecule has 0 aliphatic carbocycles. The number of piperazine rings is 1. The van der Waals surface area contributed by atoms with Gasteiger partial charge in [0.25, 0.3) is 10.0 Å². The fourth-order valence-electron chi connectivity index (χ4n) is 5.60. The standard InChI is InChI=1S/C28H42F17N2O2S.HI/c1-3-5-7-9-11-13-17-47(18-14-12-10-8-6-4-2)19-15-46(16-20-47)50(48,49)28(44,45)26(39,40)24(35,36)22(31,32)21(29,30)23(33,34)25(37,38)27(41,42)43;/h3-20H2,1-2H3;1H/q+1;/p-1. The Morgan fingerprint density at radius 2 is 0.765 bits per heavy atom. The summed E-state index contributed by atoms with van der Waals surface area (Å²) in [5.41, 5.74) is 0. The van der Waals surface area contributed by atoms with E-state index in [4.69, 9.17) is 0 Å². The first-order chi connectivity index (χ1) is 22.4. The highest BCUT2D eigenvalue weighted by molar-refractivity contribution is 7.90. The van der Waals surface area contributed by atoms with E-state index in [2.05, 4.69) is 0 Å². The number of hydrogen-bond donors (Lipinski definition) is 0. The number of rotatable bonds is 22. The first-order valence-corrected chi connectivity index (χ1v) is 17.4. The predicted octanol–water partition coefficient (Wildman–Crippen LogP) is 7.14. The summed E-state index contributed by atoms with van der Waals surface area (Å²) >= 11 is 0. The molecule has 1 heterocycles. The third-order valence-electron chi connectivity index (χ3n) is 8.98. The second-order valence-corrected chi connectivity index (χ2v) is 14.6. The van der Waals surface area contributed by atoms with Crippen LogP contribution in [-0.2, 0) is 10.0 Å². The number of nitrogens with zero attached hydrogens (tertiary/aromatic N) is 2. The van der Waals surface area contributed by atoms with Crippen LogP contribution in [0.15, 0.2) is 0 Å². The molecule has 4 nitrogen and oxygen atoms in total. The average Bonchev–Trinajstić information content (AvgIpc) is 2.99. The van der Waals surface area contributed by atoms with E-state index in [-0.39, 0.29) is 41.5 Å². The summed E-state index contributed by atoms with van der Waals surface area (Å²) in [6, 6.07) is 0. The number of alkyl halides is 17. The monoisotopic (exact) mass is 920 g/mol. The first kappa shape index (κ1) is 50.4. The van der Waals surface area contributed by atoms with E-state index in [1.54, 1.807) is 0 Å². The van der Waals surface area contributed by atoms with Crippen LogP contribution in [0.25, 0.3) is 0 Å². The normalized spacial score (nSPS) is 17.8. The van der Waals surface area contributed by atoms with E-state index < -0.39 is 74.4 Å². The number of sulfonamides is 1. The van der Waals surface area contributed by atoms with E-state index >= 15 is 0 Å². The Hall–Kier alpha value is -0.590. The lowest BCUT2D eigenvalue weighted by Gasteiger charge is -2.46. The van der Waals surface area contributed by atoms with Crippen molar-refractivity contribution in [3.05, 3.63) is 0 Å². The van der Waals surface area contributed by atoms with Gasteiger partial charge in [0, 0.05) is 0 Å². The second-order valence-electron chi connectivity index (χ2n) is 12.6. The number of hydrogen-bond acceptors (Lipinski definition) is 2. The maximum atomic E-state index is 14.8. The van der Waals surface area contributed by atoms with E-state index in [1.807, 2.05) is 13.8 Å². The fraction of sp³-hybridized carbons (Fsp3) is 1.00. The van der Waals surface area contributed by atoms with Crippen molar-refractivity contribution in [2.45, 2.75) is 138 Å². The van der Waals surface area contributed by atoms with Crippen LogP contribution in [0.1, 0.15) is 90.9 Å². The molecule has 51 heavy (non-hydrogen) atoms. The molecule has 0 N–H and O–H groups in total. The first-order valence-electron chi connectivity index (χ1n) is 16.0. The van der Waals surface area contributed by atoms with Crippen molar-refractivity contribution >= 4 is 10.0 Å². The zero-order valence-corrected chi connectivity index (χ0v) is 30.6. The topological polar surface area (TPSA) is 37.4 Å². The van der Waals surface area contributed by atoms with Crippen molar-refractivity contribution in [1.29, 1.82) is 0 Å². The smallest absolute Gasteiger partial charge is 0.460 e. The maximum Gasteiger partial charge on any atom is 0.460 e. The second kappa shape index (κ2) is 17.9. The fourth-order valence-corrected chi connectivity index (χ4v) is 7.02. The molecule has 1 fully saturated rings. The maximum absolute atomic E-state index is 14.8. The highest BCUT2D eigenvalue weighted by Crippen LogP contribution is 2.64. The molecular formula is C28H42F17IN2O2S. The largest absolute Gasteiger partial charge is 1.00 e. The van der Waals surface area contributed by atoms with Crippen LogP contribution in [-0.4, -0.2) is 103 Å². The van der Waals surface area contributed by atoms with Gasteiger partial charge in [-0.25, -0.2) is 8.42 Å². The lowest BCUT2D eigenvalue weighted by molar-refractivity contribution is -0.931. The van der Waals surface area contributed by atoms with E-state index in [0.29, 0.717) is 38.8 Å². The summed E-state index contributed by atoms with van der Waals surface area (Å²) in [7, 11) is -7.25. The van der Waals surface area contributed by atoms with Crippen molar-refractivity contribution in [1.82, 2.24) is 4.31 Å². The molecular weight excluding hydrogens is 878 g/mol. The minimum atomic E-state index is -8.83. The Morgan fingerprint density at radius 3 is 1.10 bits per heavy atom. The van der Waals surface area contributed by atoms with Crippen LogP contribution in [0, 0.1) is 0 Å². The summed E-state index contributed by atoms with van der Waals surface area (Å²) in [4.78, 5) is 0. The van der Waals surface area contributed by atoms with Gasteiger partial charge in [-0.15, -0.1) is 0 Å². The zero-order valence-electron chi connectivity index (χ0n) is 27.7. The Labute approximate surface area is 302 Å². The van der Waals surface area contributed by atoms with Crippen molar-refractivity contribution < 1.29 is 112 Å². The highest BCUT2D eigenvalue weighted by Gasteiger charge is 2.96. The van der Waals surface area contributed by atoms with Crippen LogP contribution in [0.5, 0.6) is 0 Å². The van der Waals surface area contributed by atoms with Gasteiger partial charge < -0.3 is 28.5 Å². The summed E-state index contributed by atoms with van der Waals surface area (Å²) < 4.78 is 258. The molecule has 0 amide bonds. The summed E-state index contributed by atoms with van der Waals surface area (Å²) in [6.45, 7) is 1.76. The molecule has 0 aromatic carbocycles. The van der Waals surface area contributed by atoms with E-state index in [0.717, 1.165) is 51.4 Å². The van der Waals surface area contributed by atoms with Gasteiger partial charge in [0.1, 0.15) is 0 Å². The molecule has 0 saturated carbocycles. The lowest BCUT2D eigenvalue weighted by atomic mass is 9.91. The van der Waals surface area contributed by atoms with Crippen molar-refractivity contribution in [2.24, 2.45) is 0 Å². The quantitative estimate of drug-likeness (QED) is 0.0502. The molecule has 23 heteroatoms. The van der Waals surface area contributed by atoms with Gasteiger partial charge in [0.15, 0.2) is 0 Å². The molecule has 308 valence electrons. The number of quaternary nitrogens is 1. The predicted molar refractivity (Wildman–Crippen MR) is 148 cm³/mol. The van der Waals surface area contributed by atoms with Crippen LogP contribution in [0.2, 0.25) is 0 Å². The third kappa shape index (κ3) is 9.63. The van der Waals surface area contributed by atoms with E-state index in [1.165, 1.54) is 0 Å².